The number of benzene rings is 7. The number of hydrogen-bond donors (Lipinski definition) is 2. The van der Waals surface area contributed by atoms with Gasteiger partial charge in [0.2, 0.25) is 0 Å². The van der Waals surface area contributed by atoms with E-state index in [1.807, 2.05) is 91.9 Å². The lowest BCUT2D eigenvalue weighted by atomic mass is 9.71. The fourth-order valence-corrected chi connectivity index (χ4v) is 7.76. The molecular weight excluding hydrogens is 817 g/mol. The SMILES string of the molecule is COc1ccc(C(C)(c2ccc(Oc3ccc(C(=O)c4ccc(C)cc4)cc3)cc2)c2ccc(Oc3ccc(C(=O)c4cccc(S(=O)(=O)O)c4)cc3SOOO)cc2)cc1. The zero-order valence-electron chi connectivity index (χ0n) is 33.0. The summed E-state index contributed by atoms with van der Waals surface area (Å²) in [5.74, 6) is 2.03. The lowest BCUT2D eigenvalue weighted by molar-refractivity contribution is -0.432. The molecule has 1 unspecified atom stereocenters. The second kappa shape index (κ2) is 18.4. The van der Waals surface area contributed by atoms with Crippen molar-refractivity contribution in [2.24, 2.45) is 0 Å². The van der Waals surface area contributed by atoms with E-state index in [1.54, 1.807) is 43.5 Å². The van der Waals surface area contributed by atoms with Gasteiger partial charge in [-0.25, -0.2) is 5.26 Å². The maximum atomic E-state index is 13.3. The van der Waals surface area contributed by atoms with Crippen molar-refractivity contribution in [1.29, 1.82) is 0 Å². The molecule has 0 aromatic heterocycles. The molecule has 0 aliphatic heterocycles. The first-order valence-electron chi connectivity index (χ1n) is 18.7. The molecule has 13 heteroatoms. The van der Waals surface area contributed by atoms with Gasteiger partial charge in [-0.3, -0.25) is 14.1 Å². The van der Waals surface area contributed by atoms with E-state index in [1.165, 1.54) is 36.4 Å². The minimum atomic E-state index is -4.53. The molecule has 61 heavy (non-hydrogen) atoms. The van der Waals surface area contributed by atoms with Crippen LogP contribution in [0.3, 0.4) is 0 Å². The standard InChI is InChI=1S/C48H38O11S2/c1-31-7-9-32(10-8-31)46(49)33-11-20-40(21-12-33)56-41-24-16-37(17-25-41)48(2,36-14-22-39(55-3)23-15-36)38-18-26-42(27-19-38)57-44-28-13-35(30-45(44)60-59-58-51)47(50)34-5-4-6-43(29-34)61(52,53)54/h4-30,51H,1-3H3,(H,52,53,54). The lowest BCUT2D eigenvalue weighted by Gasteiger charge is -2.32. The Bertz CT molecular complexity index is 2770. The quantitative estimate of drug-likeness (QED) is 0.0237. The Hall–Kier alpha value is -6.58. The molecule has 0 saturated heterocycles. The Morgan fingerprint density at radius 2 is 1.03 bits per heavy atom. The van der Waals surface area contributed by atoms with Gasteiger partial charge in [0.1, 0.15) is 28.7 Å². The van der Waals surface area contributed by atoms with Gasteiger partial charge < -0.3 is 14.2 Å². The summed E-state index contributed by atoms with van der Waals surface area (Å²) in [6.45, 7) is 4.10. The fraction of sp³-hybridized carbons (Fsp3) is 0.0833. The van der Waals surface area contributed by atoms with Crippen LogP contribution in [0.1, 0.15) is 61.0 Å². The van der Waals surface area contributed by atoms with Gasteiger partial charge in [-0.2, -0.15) is 8.42 Å². The lowest BCUT2D eigenvalue weighted by Crippen LogP contribution is -2.25. The molecule has 2 N–H and O–H groups in total. The Balaban J connectivity index is 1.13. The predicted molar refractivity (Wildman–Crippen MR) is 229 cm³/mol. The van der Waals surface area contributed by atoms with Crippen molar-refractivity contribution in [1.82, 2.24) is 0 Å². The van der Waals surface area contributed by atoms with Gasteiger partial charge in [0.25, 0.3) is 10.1 Å². The molecule has 0 amide bonds. The van der Waals surface area contributed by atoms with Crippen LogP contribution >= 0.6 is 12.0 Å². The molecule has 7 rings (SSSR count). The summed E-state index contributed by atoms with van der Waals surface area (Å²) in [5, 5.41) is 12.7. The smallest absolute Gasteiger partial charge is 0.294 e. The summed E-state index contributed by atoms with van der Waals surface area (Å²) in [4.78, 5) is 26.1. The second-order valence-corrected chi connectivity index (χ2v) is 16.2. The zero-order chi connectivity index (χ0) is 43.1. The van der Waals surface area contributed by atoms with Gasteiger partial charge in [-0.15, -0.1) is 4.33 Å². The summed E-state index contributed by atoms with van der Waals surface area (Å²) in [6, 6.07) is 47.2. The highest BCUT2D eigenvalue weighted by molar-refractivity contribution is 7.94. The van der Waals surface area contributed by atoms with Crippen molar-refractivity contribution < 1.29 is 51.4 Å². The molecule has 0 radical (unpaired) electrons. The first-order valence-corrected chi connectivity index (χ1v) is 20.9. The van der Waals surface area contributed by atoms with Crippen molar-refractivity contribution in [3.05, 3.63) is 208 Å². The van der Waals surface area contributed by atoms with Crippen LogP contribution in [0.4, 0.5) is 0 Å². The van der Waals surface area contributed by atoms with E-state index >= 15 is 0 Å². The topological polar surface area (TPSA) is 155 Å². The molecule has 0 spiro atoms. The van der Waals surface area contributed by atoms with Gasteiger partial charge >= 0.3 is 0 Å². The van der Waals surface area contributed by atoms with Gasteiger partial charge in [-0.05, 0) is 122 Å². The van der Waals surface area contributed by atoms with Crippen molar-refractivity contribution in [3.63, 3.8) is 0 Å². The summed E-state index contributed by atoms with van der Waals surface area (Å²) in [7, 11) is -2.92. The van der Waals surface area contributed by atoms with Crippen LogP contribution in [0, 0.1) is 6.92 Å². The van der Waals surface area contributed by atoms with Crippen LogP contribution in [0.2, 0.25) is 0 Å². The molecule has 0 bridgehead atoms. The Kier molecular flexibility index (Phi) is 12.8. The van der Waals surface area contributed by atoms with Crippen LogP contribution < -0.4 is 14.2 Å². The van der Waals surface area contributed by atoms with Gasteiger partial charge in [0.15, 0.2) is 11.6 Å². The molecule has 0 aliphatic carbocycles. The van der Waals surface area contributed by atoms with Crippen molar-refractivity contribution in [2.75, 3.05) is 7.11 Å². The van der Waals surface area contributed by atoms with Crippen molar-refractivity contribution in [2.45, 2.75) is 29.1 Å². The Morgan fingerprint density at radius 1 is 0.574 bits per heavy atom. The fourth-order valence-electron chi connectivity index (χ4n) is 6.76. The van der Waals surface area contributed by atoms with Gasteiger partial charge in [-0.1, -0.05) is 83.4 Å². The Morgan fingerprint density at radius 3 is 1.56 bits per heavy atom. The number of aryl methyl sites for hydroxylation is 1. The average Bonchev–Trinajstić information content (AvgIpc) is 3.28. The third-order valence-electron chi connectivity index (χ3n) is 10.2. The van der Waals surface area contributed by atoms with Crippen LogP contribution in [-0.4, -0.2) is 36.9 Å². The number of carbonyl (C=O) groups excluding carboxylic acids is 2. The number of ether oxygens (including phenoxy) is 3. The third kappa shape index (κ3) is 9.74. The van der Waals surface area contributed by atoms with Crippen molar-refractivity contribution in [3.8, 4) is 28.7 Å². The average molecular weight is 855 g/mol. The molecule has 1 atom stereocenters. The monoisotopic (exact) mass is 854 g/mol. The normalized spacial score (nSPS) is 12.3. The van der Waals surface area contributed by atoms with E-state index in [4.69, 9.17) is 23.8 Å². The number of ketones is 2. The first kappa shape index (κ1) is 42.5. The number of carbonyl (C=O) groups is 2. The Labute approximate surface area is 356 Å². The molecule has 0 heterocycles. The molecule has 0 saturated carbocycles. The van der Waals surface area contributed by atoms with Crippen LogP contribution in [0.25, 0.3) is 0 Å². The number of rotatable bonds is 16. The molecule has 0 aliphatic rings. The van der Waals surface area contributed by atoms with Crippen LogP contribution in [0.15, 0.2) is 174 Å². The van der Waals surface area contributed by atoms with E-state index in [-0.39, 0.29) is 27.6 Å². The highest BCUT2D eigenvalue weighted by Gasteiger charge is 2.31. The largest absolute Gasteiger partial charge is 0.497 e. The van der Waals surface area contributed by atoms with Gasteiger partial charge in [0, 0.05) is 27.7 Å². The summed E-state index contributed by atoms with van der Waals surface area (Å²) >= 11 is 0.589. The summed E-state index contributed by atoms with van der Waals surface area (Å²) in [5.41, 5.74) is 4.68. The minimum Gasteiger partial charge on any atom is -0.497 e. The van der Waals surface area contributed by atoms with E-state index in [0.717, 1.165) is 28.3 Å². The van der Waals surface area contributed by atoms with Gasteiger partial charge in [0.05, 0.1) is 28.9 Å². The second-order valence-electron chi connectivity index (χ2n) is 14.0. The molecule has 11 nitrogen and oxygen atoms in total. The van der Waals surface area contributed by atoms with Crippen LogP contribution in [0.5, 0.6) is 28.7 Å². The van der Waals surface area contributed by atoms with E-state index in [9.17, 15) is 22.6 Å². The first-order chi connectivity index (χ1) is 29.3. The van der Waals surface area contributed by atoms with Crippen molar-refractivity contribution >= 4 is 33.7 Å². The van der Waals surface area contributed by atoms with Crippen LogP contribution in [-0.2, 0) is 24.9 Å². The van der Waals surface area contributed by atoms with E-state index < -0.39 is 26.2 Å². The molecule has 7 aromatic carbocycles. The van der Waals surface area contributed by atoms with E-state index in [0.29, 0.717) is 46.2 Å². The molecule has 7 aromatic rings. The summed E-state index contributed by atoms with van der Waals surface area (Å²) < 4.78 is 55.3. The molecule has 308 valence electrons. The number of hydrogen-bond acceptors (Lipinski definition) is 11. The molecular formula is C48H38O11S2. The highest BCUT2D eigenvalue weighted by atomic mass is 32.2. The third-order valence-corrected chi connectivity index (χ3v) is 11.7. The minimum absolute atomic E-state index is 0.0231. The summed E-state index contributed by atoms with van der Waals surface area (Å²) in [6.07, 6.45) is 0. The zero-order valence-corrected chi connectivity index (χ0v) is 34.6. The maximum Gasteiger partial charge on any atom is 0.294 e. The maximum absolute atomic E-state index is 13.3. The highest BCUT2D eigenvalue weighted by Crippen LogP contribution is 2.42. The molecule has 0 fully saturated rings. The predicted octanol–water partition coefficient (Wildman–Crippen LogP) is 11.1. The number of methoxy groups -OCH3 is 1. The van der Waals surface area contributed by atoms with E-state index in [2.05, 4.69) is 12.0 Å².